The van der Waals surface area contributed by atoms with E-state index in [1.807, 2.05) is 53.4 Å². The van der Waals surface area contributed by atoms with Crippen LogP contribution in [0, 0.1) is 10.1 Å². The van der Waals surface area contributed by atoms with Gasteiger partial charge < -0.3 is 9.88 Å². The second-order valence-corrected chi connectivity index (χ2v) is 5.59. The van der Waals surface area contributed by atoms with Crippen molar-refractivity contribution in [3.63, 3.8) is 0 Å². The number of amides is 1. The van der Waals surface area contributed by atoms with Crippen molar-refractivity contribution in [3.05, 3.63) is 76.9 Å². The van der Waals surface area contributed by atoms with Gasteiger partial charge in [-0.1, -0.05) is 12.1 Å². The molecule has 8 nitrogen and oxygen atoms in total. The molecule has 1 atom stereocenters. The van der Waals surface area contributed by atoms with Crippen molar-refractivity contribution in [1.29, 1.82) is 0 Å². The summed E-state index contributed by atoms with van der Waals surface area (Å²) in [6, 6.07) is 11.1. The molecule has 0 saturated carbocycles. The van der Waals surface area contributed by atoms with Gasteiger partial charge >= 0.3 is 5.69 Å². The second kappa shape index (κ2) is 7.00. The number of nitrogens with one attached hydrogen (secondary N) is 1. The minimum absolute atomic E-state index is 0.139. The Morgan fingerprint density at radius 2 is 1.96 bits per heavy atom. The van der Waals surface area contributed by atoms with E-state index in [1.165, 1.54) is 10.9 Å². The number of aromatic nitrogens is 3. The summed E-state index contributed by atoms with van der Waals surface area (Å²) < 4.78 is 3.28. The Kier molecular flexibility index (Phi) is 4.60. The van der Waals surface area contributed by atoms with Gasteiger partial charge in [-0.25, -0.2) is 0 Å². The molecular weight excluding hydrogens is 322 g/mol. The fourth-order valence-electron chi connectivity index (χ4n) is 2.38. The zero-order valence-electron chi connectivity index (χ0n) is 13.6. The molecule has 1 unspecified atom stereocenters. The zero-order chi connectivity index (χ0) is 17.8. The van der Waals surface area contributed by atoms with Gasteiger partial charge in [0.15, 0.2) is 0 Å². The lowest BCUT2D eigenvalue weighted by molar-refractivity contribution is -0.385. The molecule has 0 bridgehead atoms. The van der Waals surface area contributed by atoms with E-state index in [1.54, 1.807) is 6.92 Å². The van der Waals surface area contributed by atoms with Crippen LogP contribution >= 0.6 is 0 Å². The van der Waals surface area contributed by atoms with Gasteiger partial charge in [-0.3, -0.25) is 19.6 Å². The largest absolute Gasteiger partial charge is 0.350 e. The average Bonchev–Trinajstić information content (AvgIpc) is 3.31. The van der Waals surface area contributed by atoms with Gasteiger partial charge in [0.25, 0.3) is 0 Å². The third kappa shape index (κ3) is 3.74. The van der Waals surface area contributed by atoms with E-state index in [2.05, 4.69) is 10.4 Å². The zero-order valence-corrected chi connectivity index (χ0v) is 13.6. The lowest BCUT2D eigenvalue weighted by Crippen LogP contribution is -2.30. The Balaban J connectivity index is 1.58. The molecule has 0 spiro atoms. The summed E-state index contributed by atoms with van der Waals surface area (Å²) in [7, 11) is 0. The van der Waals surface area contributed by atoms with E-state index in [9.17, 15) is 14.9 Å². The Morgan fingerprint density at radius 1 is 1.28 bits per heavy atom. The molecule has 0 fully saturated rings. The maximum absolute atomic E-state index is 12.2. The van der Waals surface area contributed by atoms with Crippen molar-refractivity contribution in [3.8, 4) is 5.69 Å². The topological polar surface area (TPSA) is 95.0 Å². The lowest BCUT2D eigenvalue weighted by atomic mass is 10.2. The maximum Gasteiger partial charge on any atom is 0.307 e. The Morgan fingerprint density at radius 3 is 2.56 bits per heavy atom. The van der Waals surface area contributed by atoms with E-state index in [-0.39, 0.29) is 11.6 Å². The number of rotatable bonds is 6. The van der Waals surface area contributed by atoms with Crippen molar-refractivity contribution in [2.24, 2.45) is 0 Å². The van der Waals surface area contributed by atoms with E-state index in [0.29, 0.717) is 6.54 Å². The molecule has 2 heterocycles. The van der Waals surface area contributed by atoms with Gasteiger partial charge in [-0.2, -0.15) is 5.10 Å². The van der Waals surface area contributed by atoms with Crippen LogP contribution in [0.4, 0.5) is 5.69 Å². The van der Waals surface area contributed by atoms with Crippen molar-refractivity contribution >= 4 is 11.6 Å². The molecule has 3 rings (SSSR count). The molecule has 0 saturated heterocycles. The van der Waals surface area contributed by atoms with E-state index in [4.69, 9.17) is 0 Å². The van der Waals surface area contributed by atoms with Gasteiger partial charge in [-0.05, 0) is 36.8 Å². The highest BCUT2D eigenvalue weighted by Gasteiger charge is 2.18. The first kappa shape index (κ1) is 16.4. The van der Waals surface area contributed by atoms with Crippen LogP contribution in [-0.2, 0) is 11.3 Å². The normalized spacial score (nSPS) is 11.9. The molecular formula is C17H17N5O3. The van der Waals surface area contributed by atoms with Crippen LogP contribution < -0.4 is 5.32 Å². The van der Waals surface area contributed by atoms with Gasteiger partial charge in [0.2, 0.25) is 5.91 Å². The van der Waals surface area contributed by atoms with Crippen LogP contribution in [0.5, 0.6) is 0 Å². The van der Waals surface area contributed by atoms with Crippen LogP contribution in [0.1, 0.15) is 18.5 Å². The third-order valence-corrected chi connectivity index (χ3v) is 3.88. The van der Waals surface area contributed by atoms with Crippen molar-refractivity contribution in [2.75, 3.05) is 0 Å². The molecule has 0 radical (unpaired) electrons. The van der Waals surface area contributed by atoms with Gasteiger partial charge in [0.1, 0.15) is 18.4 Å². The van der Waals surface area contributed by atoms with Crippen molar-refractivity contribution < 1.29 is 9.72 Å². The number of hydrogen-bond acceptors (Lipinski definition) is 4. The van der Waals surface area contributed by atoms with E-state index in [0.717, 1.165) is 17.4 Å². The van der Waals surface area contributed by atoms with Gasteiger partial charge in [0, 0.05) is 24.6 Å². The molecule has 1 amide bonds. The fourth-order valence-corrected chi connectivity index (χ4v) is 2.38. The van der Waals surface area contributed by atoms with E-state index >= 15 is 0 Å². The molecule has 0 aliphatic carbocycles. The minimum Gasteiger partial charge on any atom is -0.350 e. The number of carbonyl (C=O) groups excluding carboxylic acids is 1. The molecule has 0 aliphatic rings. The number of hydrogen-bond donors (Lipinski definition) is 1. The first-order chi connectivity index (χ1) is 12.0. The summed E-state index contributed by atoms with van der Waals surface area (Å²) in [5, 5.41) is 17.4. The SMILES string of the molecule is CC(C(=O)NCc1ccc(-n2cccc2)cc1)n1cc([N+](=O)[O-])cn1. The number of benzene rings is 1. The van der Waals surface area contributed by atoms with E-state index < -0.39 is 11.0 Å². The third-order valence-electron chi connectivity index (χ3n) is 3.88. The molecule has 3 aromatic rings. The standard InChI is InChI=1S/C17H17N5O3/c1-13(21-12-16(11-19-21)22(24)25)17(23)18-10-14-4-6-15(7-5-14)20-8-2-3-9-20/h2-9,11-13H,10H2,1H3,(H,18,23). The summed E-state index contributed by atoms with van der Waals surface area (Å²) in [5.74, 6) is -0.257. The fraction of sp³-hybridized carbons (Fsp3) is 0.176. The smallest absolute Gasteiger partial charge is 0.307 e. The van der Waals surface area contributed by atoms with Gasteiger partial charge in [0.05, 0.1) is 4.92 Å². The number of nitro groups is 1. The summed E-state index contributed by atoms with van der Waals surface area (Å²) in [6.45, 7) is 2.01. The number of nitrogens with zero attached hydrogens (tertiary/aromatic N) is 4. The van der Waals surface area contributed by atoms with Crippen molar-refractivity contribution in [2.45, 2.75) is 19.5 Å². The summed E-state index contributed by atoms with van der Waals surface area (Å²) in [4.78, 5) is 22.3. The van der Waals surface area contributed by atoms with Crippen LogP contribution in [0.25, 0.3) is 5.69 Å². The quantitative estimate of drug-likeness (QED) is 0.551. The highest BCUT2D eigenvalue weighted by Crippen LogP contribution is 2.13. The second-order valence-electron chi connectivity index (χ2n) is 5.59. The predicted molar refractivity (Wildman–Crippen MR) is 91.2 cm³/mol. The minimum atomic E-state index is -0.632. The molecule has 1 N–H and O–H groups in total. The summed E-state index contributed by atoms with van der Waals surface area (Å²) in [5.41, 5.74) is 1.86. The molecule has 128 valence electrons. The van der Waals surface area contributed by atoms with Crippen molar-refractivity contribution in [1.82, 2.24) is 19.7 Å². The molecule has 0 aliphatic heterocycles. The first-order valence-corrected chi connectivity index (χ1v) is 7.73. The van der Waals surface area contributed by atoms with Crippen LogP contribution in [0.15, 0.2) is 61.2 Å². The lowest BCUT2D eigenvalue weighted by Gasteiger charge is -2.12. The predicted octanol–water partition coefficient (Wildman–Crippen LogP) is 2.46. The maximum atomic E-state index is 12.2. The molecule has 1 aromatic carbocycles. The van der Waals surface area contributed by atoms with Gasteiger partial charge in [-0.15, -0.1) is 0 Å². The summed E-state index contributed by atoms with van der Waals surface area (Å²) in [6.07, 6.45) is 6.29. The molecule has 8 heteroatoms. The molecule has 2 aromatic heterocycles. The van der Waals surface area contributed by atoms with Crippen LogP contribution in [0.3, 0.4) is 0 Å². The highest BCUT2D eigenvalue weighted by molar-refractivity contribution is 5.79. The Labute approximate surface area is 143 Å². The summed E-state index contributed by atoms with van der Waals surface area (Å²) >= 11 is 0. The Hall–Kier alpha value is -3.42. The highest BCUT2D eigenvalue weighted by atomic mass is 16.6. The molecule has 25 heavy (non-hydrogen) atoms. The Bertz CT molecular complexity index is 868. The first-order valence-electron chi connectivity index (χ1n) is 7.73. The monoisotopic (exact) mass is 339 g/mol. The van der Waals surface area contributed by atoms with Crippen LogP contribution in [0.2, 0.25) is 0 Å². The average molecular weight is 339 g/mol. The van der Waals surface area contributed by atoms with Crippen LogP contribution in [-0.4, -0.2) is 25.2 Å². The number of carbonyl (C=O) groups is 1.